The van der Waals surface area contributed by atoms with Crippen LogP contribution in [0.5, 0.6) is 5.75 Å². The molecule has 0 heterocycles. The molecule has 110 valence electrons. The number of nitrogens with zero attached hydrogens (tertiary/aromatic N) is 1. The first-order valence-electron chi connectivity index (χ1n) is 5.82. The minimum absolute atomic E-state index is 0.0986. The van der Waals surface area contributed by atoms with Crippen LogP contribution in [0.2, 0.25) is 0 Å². The fraction of sp³-hybridized carbons (Fsp3) is 0.462. The largest absolute Gasteiger partial charge is 0.494 e. The first-order valence-corrected chi connectivity index (χ1v) is 5.82. The molecular formula is C13H13F4NO2. The van der Waals surface area contributed by atoms with Crippen LogP contribution in [-0.4, -0.2) is 32.2 Å². The van der Waals surface area contributed by atoms with E-state index in [1.54, 1.807) is 24.3 Å². The number of nitriles is 1. The lowest BCUT2D eigenvalue weighted by Crippen LogP contribution is -2.32. The topological polar surface area (TPSA) is 42.2 Å². The van der Waals surface area contributed by atoms with Crippen molar-refractivity contribution in [2.75, 3.05) is 19.8 Å². The summed E-state index contributed by atoms with van der Waals surface area (Å²) in [5, 5.41) is 8.58. The zero-order valence-electron chi connectivity index (χ0n) is 10.5. The first-order chi connectivity index (χ1) is 9.45. The van der Waals surface area contributed by atoms with Crippen LogP contribution < -0.4 is 4.74 Å². The van der Waals surface area contributed by atoms with E-state index in [1.807, 2.05) is 6.07 Å². The Hall–Kier alpha value is -1.81. The Morgan fingerprint density at radius 1 is 1.15 bits per heavy atom. The summed E-state index contributed by atoms with van der Waals surface area (Å²) < 4.78 is 58.2. The summed E-state index contributed by atoms with van der Waals surface area (Å²) in [5.41, 5.74) is 0.495. The standard InChI is InChI=1S/C13H13F4NO2/c14-12(15)13(16,17)9-19-6-1-7-20-11-4-2-10(8-18)3-5-11/h2-5,12H,1,6-7,9H2. The maximum Gasteiger partial charge on any atom is 0.330 e. The number of benzene rings is 1. The Labute approximate surface area is 113 Å². The number of hydrogen-bond donors (Lipinski definition) is 0. The van der Waals surface area contributed by atoms with Crippen LogP contribution in [0.15, 0.2) is 24.3 Å². The van der Waals surface area contributed by atoms with Gasteiger partial charge in [-0.15, -0.1) is 0 Å². The summed E-state index contributed by atoms with van der Waals surface area (Å²) in [6.45, 7) is -1.20. The predicted molar refractivity (Wildman–Crippen MR) is 63.0 cm³/mol. The Balaban J connectivity index is 2.15. The molecule has 3 nitrogen and oxygen atoms in total. The van der Waals surface area contributed by atoms with Crippen LogP contribution in [0.25, 0.3) is 0 Å². The molecule has 1 aromatic carbocycles. The highest BCUT2D eigenvalue weighted by molar-refractivity contribution is 5.34. The molecular weight excluding hydrogens is 278 g/mol. The second kappa shape index (κ2) is 7.70. The van der Waals surface area contributed by atoms with E-state index >= 15 is 0 Å². The van der Waals surface area contributed by atoms with Crippen molar-refractivity contribution < 1.29 is 27.0 Å². The van der Waals surface area contributed by atoms with Gasteiger partial charge >= 0.3 is 12.3 Å². The molecule has 0 saturated heterocycles. The highest BCUT2D eigenvalue weighted by atomic mass is 19.3. The molecule has 0 fully saturated rings. The van der Waals surface area contributed by atoms with E-state index in [0.717, 1.165) is 0 Å². The minimum Gasteiger partial charge on any atom is -0.494 e. The number of ether oxygens (including phenoxy) is 2. The number of alkyl halides is 4. The Morgan fingerprint density at radius 2 is 1.80 bits per heavy atom. The Bertz CT molecular complexity index is 443. The van der Waals surface area contributed by atoms with Crippen molar-refractivity contribution in [3.63, 3.8) is 0 Å². The molecule has 0 bridgehead atoms. The first kappa shape index (κ1) is 16.2. The summed E-state index contributed by atoms with van der Waals surface area (Å²) >= 11 is 0. The molecule has 0 unspecified atom stereocenters. The molecule has 0 aliphatic carbocycles. The van der Waals surface area contributed by atoms with Gasteiger partial charge < -0.3 is 9.47 Å². The van der Waals surface area contributed by atoms with Crippen molar-refractivity contribution in [3.05, 3.63) is 29.8 Å². The van der Waals surface area contributed by atoms with Gasteiger partial charge in [-0.05, 0) is 24.3 Å². The summed E-state index contributed by atoms with van der Waals surface area (Å²) in [6.07, 6.45) is -3.43. The fourth-order valence-electron chi connectivity index (χ4n) is 1.25. The summed E-state index contributed by atoms with van der Waals surface area (Å²) in [5.74, 6) is -3.59. The van der Waals surface area contributed by atoms with Crippen molar-refractivity contribution in [3.8, 4) is 11.8 Å². The zero-order chi connectivity index (χ0) is 15.0. The van der Waals surface area contributed by atoms with Crippen LogP contribution in [0, 0.1) is 11.3 Å². The fourth-order valence-corrected chi connectivity index (χ4v) is 1.25. The average Bonchev–Trinajstić information content (AvgIpc) is 2.43. The molecule has 0 aliphatic rings. The van der Waals surface area contributed by atoms with Gasteiger partial charge in [0.15, 0.2) is 0 Å². The van der Waals surface area contributed by atoms with Gasteiger partial charge in [-0.2, -0.15) is 14.0 Å². The van der Waals surface area contributed by atoms with E-state index in [-0.39, 0.29) is 13.2 Å². The van der Waals surface area contributed by atoms with E-state index in [1.165, 1.54) is 0 Å². The minimum atomic E-state index is -4.12. The van der Waals surface area contributed by atoms with Crippen molar-refractivity contribution >= 4 is 0 Å². The van der Waals surface area contributed by atoms with Gasteiger partial charge in [0.25, 0.3) is 0 Å². The highest BCUT2D eigenvalue weighted by Crippen LogP contribution is 2.22. The van der Waals surface area contributed by atoms with Gasteiger partial charge in [0.1, 0.15) is 12.4 Å². The number of halogens is 4. The van der Waals surface area contributed by atoms with Crippen LogP contribution in [0.1, 0.15) is 12.0 Å². The van der Waals surface area contributed by atoms with Gasteiger partial charge in [-0.3, -0.25) is 0 Å². The average molecular weight is 291 g/mol. The maximum absolute atomic E-state index is 12.5. The lowest BCUT2D eigenvalue weighted by Gasteiger charge is -2.15. The van der Waals surface area contributed by atoms with Crippen LogP contribution in [0.3, 0.4) is 0 Å². The van der Waals surface area contributed by atoms with Crippen molar-refractivity contribution in [1.82, 2.24) is 0 Å². The second-order valence-corrected chi connectivity index (χ2v) is 3.95. The summed E-state index contributed by atoms with van der Waals surface area (Å²) in [4.78, 5) is 0. The normalized spacial score (nSPS) is 11.4. The zero-order valence-corrected chi connectivity index (χ0v) is 10.5. The third-order valence-electron chi connectivity index (χ3n) is 2.30. The number of hydrogen-bond acceptors (Lipinski definition) is 3. The van der Waals surface area contributed by atoms with Gasteiger partial charge in [-0.1, -0.05) is 0 Å². The van der Waals surface area contributed by atoms with Gasteiger partial charge in [0.05, 0.1) is 24.8 Å². The molecule has 0 radical (unpaired) electrons. The third-order valence-corrected chi connectivity index (χ3v) is 2.30. The smallest absolute Gasteiger partial charge is 0.330 e. The molecule has 1 rings (SSSR count). The van der Waals surface area contributed by atoms with Gasteiger partial charge in [-0.25, -0.2) is 8.78 Å². The summed E-state index contributed by atoms with van der Waals surface area (Å²) in [7, 11) is 0. The van der Waals surface area contributed by atoms with E-state index in [9.17, 15) is 17.6 Å². The third kappa shape index (κ3) is 5.45. The van der Waals surface area contributed by atoms with E-state index < -0.39 is 19.0 Å². The molecule has 0 spiro atoms. The van der Waals surface area contributed by atoms with Crippen molar-refractivity contribution in [1.29, 1.82) is 5.26 Å². The van der Waals surface area contributed by atoms with Gasteiger partial charge in [0.2, 0.25) is 0 Å². The SMILES string of the molecule is N#Cc1ccc(OCCCOCC(F)(F)C(F)F)cc1. The Kier molecular flexibility index (Phi) is 6.25. The maximum atomic E-state index is 12.5. The molecule has 0 saturated carbocycles. The molecule has 20 heavy (non-hydrogen) atoms. The summed E-state index contributed by atoms with van der Waals surface area (Å²) in [6, 6.07) is 8.31. The molecule has 0 aromatic heterocycles. The van der Waals surface area contributed by atoms with Crippen LogP contribution in [-0.2, 0) is 4.74 Å². The van der Waals surface area contributed by atoms with Crippen molar-refractivity contribution in [2.24, 2.45) is 0 Å². The van der Waals surface area contributed by atoms with Crippen molar-refractivity contribution in [2.45, 2.75) is 18.8 Å². The van der Waals surface area contributed by atoms with E-state index in [2.05, 4.69) is 4.74 Å². The van der Waals surface area contributed by atoms with E-state index in [4.69, 9.17) is 10.00 Å². The highest BCUT2D eigenvalue weighted by Gasteiger charge is 2.40. The van der Waals surface area contributed by atoms with Crippen LogP contribution >= 0.6 is 0 Å². The molecule has 1 aromatic rings. The molecule has 0 aliphatic heterocycles. The molecule has 7 heteroatoms. The Morgan fingerprint density at radius 3 is 2.35 bits per heavy atom. The molecule has 0 atom stereocenters. The van der Waals surface area contributed by atoms with E-state index in [0.29, 0.717) is 17.7 Å². The quantitative estimate of drug-likeness (QED) is 0.545. The monoisotopic (exact) mass is 291 g/mol. The van der Waals surface area contributed by atoms with Gasteiger partial charge in [0, 0.05) is 6.42 Å². The lowest BCUT2D eigenvalue weighted by molar-refractivity contribution is -0.166. The molecule has 0 amide bonds. The second-order valence-electron chi connectivity index (χ2n) is 3.95. The molecule has 0 N–H and O–H groups in total. The number of rotatable bonds is 8. The lowest BCUT2D eigenvalue weighted by atomic mass is 10.2. The van der Waals surface area contributed by atoms with Crippen LogP contribution in [0.4, 0.5) is 17.6 Å². The predicted octanol–water partition coefficient (Wildman–Crippen LogP) is 3.24.